The molecule has 0 unspecified atom stereocenters. The number of nitriles is 1. The molecule has 3 aromatic rings. The number of ether oxygens (including phenoxy) is 1. The highest BCUT2D eigenvalue weighted by Gasteiger charge is 2.16. The number of para-hydroxylation sites is 1. The molecule has 3 rings (SSSR count). The van der Waals surface area contributed by atoms with Crippen LogP contribution < -0.4 is 22.5 Å². The fourth-order valence-electron chi connectivity index (χ4n) is 3.30. The van der Waals surface area contributed by atoms with Crippen LogP contribution >= 0.6 is 0 Å². The van der Waals surface area contributed by atoms with E-state index in [0.717, 1.165) is 16.7 Å². The number of hydrogen-bond donors (Lipinski definition) is 4. The summed E-state index contributed by atoms with van der Waals surface area (Å²) in [6.45, 7) is 2.35. The topological polar surface area (TPSA) is 165 Å². The highest BCUT2D eigenvalue weighted by atomic mass is 16.5. The number of nitrogens with two attached hydrogens (primary N) is 3. The summed E-state index contributed by atoms with van der Waals surface area (Å²) in [5.41, 5.74) is 21.0. The molecule has 9 heteroatoms. The number of guanidine groups is 2. The van der Waals surface area contributed by atoms with Crippen molar-refractivity contribution in [3.05, 3.63) is 83.4 Å². The molecule has 0 aromatic heterocycles. The Hall–Kier alpha value is -4.84. The number of hydrogen-bond acceptors (Lipinski definition) is 5. The van der Waals surface area contributed by atoms with Crippen LogP contribution in [-0.2, 0) is 11.3 Å². The van der Waals surface area contributed by atoms with Crippen molar-refractivity contribution in [2.75, 3.05) is 11.9 Å². The summed E-state index contributed by atoms with van der Waals surface area (Å²) < 4.78 is 5.18. The molecule has 0 spiro atoms. The van der Waals surface area contributed by atoms with E-state index in [1.807, 2.05) is 42.5 Å². The zero-order valence-electron chi connectivity index (χ0n) is 18.7. The molecule has 0 radical (unpaired) electrons. The molecule has 0 heterocycles. The molecule has 0 bridgehead atoms. The molecule has 0 aliphatic carbocycles. The van der Waals surface area contributed by atoms with Gasteiger partial charge in [-0.25, -0.2) is 9.79 Å². The van der Waals surface area contributed by atoms with Gasteiger partial charge in [-0.2, -0.15) is 10.3 Å². The maximum absolute atomic E-state index is 12.5. The number of carbonyl (C=O) groups is 1. The molecule has 9 nitrogen and oxygen atoms in total. The van der Waals surface area contributed by atoms with E-state index >= 15 is 0 Å². The summed E-state index contributed by atoms with van der Waals surface area (Å²) in [6.07, 6.45) is 0. The normalized spacial score (nSPS) is 10.8. The predicted octanol–water partition coefficient (Wildman–Crippen LogP) is 3.23. The van der Waals surface area contributed by atoms with E-state index in [1.165, 1.54) is 0 Å². The molecular weight excluding hydrogens is 430 g/mol. The first-order valence-electron chi connectivity index (χ1n) is 10.5. The van der Waals surface area contributed by atoms with Crippen LogP contribution in [0.25, 0.3) is 11.1 Å². The van der Waals surface area contributed by atoms with Gasteiger partial charge in [0.25, 0.3) is 0 Å². The van der Waals surface area contributed by atoms with Gasteiger partial charge in [0.1, 0.15) is 0 Å². The Balaban J connectivity index is 1.90. The van der Waals surface area contributed by atoms with Crippen LogP contribution in [0.1, 0.15) is 28.4 Å². The molecule has 34 heavy (non-hydrogen) atoms. The number of benzene rings is 3. The summed E-state index contributed by atoms with van der Waals surface area (Å²) >= 11 is 0. The van der Waals surface area contributed by atoms with Crippen molar-refractivity contribution in [2.45, 2.75) is 13.5 Å². The monoisotopic (exact) mass is 455 g/mol. The van der Waals surface area contributed by atoms with Gasteiger partial charge < -0.3 is 27.3 Å². The fraction of sp³-hybridized carbons (Fsp3) is 0.120. The molecule has 7 N–H and O–H groups in total. The van der Waals surface area contributed by atoms with Gasteiger partial charge >= 0.3 is 5.97 Å². The van der Waals surface area contributed by atoms with E-state index in [4.69, 9.17) is 21.9 Å². The summed E-state index contributed by atoms with van der Waals surface area (Å²) in [6, 6.07) is 22.4. The molecule has 0 aliphatic rings. The van der Waals surface area contributed by atoms with Crippen molar-refractivity contribution in [1.82, 2.24) is 0 Å². The van der Waals surface area contributed by atoms with Gasteiger partial charge in [0, 0.05) is 6.54 Å². The zero-order chi connectivity index (χ0) is 24.5. The predicted molar refractivity (Wildman–Crippen MR) is 133 cm³/mol. The van der Waals surface area contributed by atoms with Gasteiger partial charge in [-0.1, -0.05) is 48.5 Å². The van der Waals surface area contributed by atoms with Crippen molar-refractivity contribution < 1.29 is 9.53 Å². The van der Waals surface area contributed by atoms with Gasteiger partial charge in [0.15, 0.2) is 5.96 Å². The number of carbonyl (C=O) groups excluding carboxylic acids is 1. The third kappa shape index (κ3) is 5.89. The Labute approximate surface area is 197 Å². The van der Waals surface area contributed by atoms with Crippen LogP contribution in [-0.4, -0.2) is 24.5 Å². The lowest BCUT2D eigenvalue weighted by Crippen LogP contribution is -2.26. The van der Waals surface area contributed by atoms with E-state index in [1.54, 1.807) is 31.2 Å². The summed E-state index contributed by atoms with van der Waals surface area (Å²) in [5, 5.41) is 12.6. The quantitative estimate of drug-likeness (QED) is 0.241. The van der Waals surface area contributed by atoms with Crippen LogP contribution in [0.4, 0.5) is 11.4 Å². The summed E-state index contributed by atoms with van der Waals surface area (Å²) in [7, 11) is 0. The third-order valence-corrected chi connectivity index (χ3v) is 4.80. The van der Waals surface area contributed by atoms with Crippen molar-refractivity contribution in [1.29, 1.82) is 5.26 Å². The highest BCUT2D eigenvalue weighted by Crippen LogP contribution is 2.31. The second-order valence-corrected chi connectivity index (χ2v) is 7.13. The maximum Gasteiger partial charge on any atom is 0.340 e. The molecule has 0 saturated carbocycles. The van der Waals surface area contributed by atoms with Crippen LogP contribution in [0.5, 0.6) is 0 Å². The lowest BCUT2D eigenvalue weighted by Gasteiger charge is -2.14. The number of nitrogens with zero attached hydrogens (tertiary/aromatic N) is 3. The molecule has 3 aromatic carbocycles. The largest absolute Gasteiger partial charge is 0.462 e. The summed E-state index contributed by atoms with van der Waals surface area (Å²) in [5.74, 6) is -0.870. The Morgan fingerprint density at radius 2 is 1.76 bits per heavy atom. The van der Waals surface area contributed by atoms with E-state index in [-0.39, 0.29) is 18.5 Å². The Morgan fingerprint density at radius 3 is 2.44 bits per heavy atom. The molecule has 172 valence electrons. The highest BCUT2D eigenvalue weighted by molar-refractivity contribution is 6.00. The molecule has 0 atom stereocenters. The second-order valence-electron chi connectivity index (χ2n) is 7.13. The van der Waals surface area contributed by atoms with Crippen molar-refractivity contribution in [3.63, 3.8) is 0 Å². The molecular formula is C25H25N7O2. The van der Waals surface area contributed by atoms with Gasteiger partial charge in [-0.3, -0.25) is 0 Å². The van der Waals surface area contributed by atoms with E-state index in [0.29, 0.717) is 29.0 Å². The first-order valence-corrected chi connectivity index (χ1v) is 10.5. The molecule has 0 aliphatic heterocycles. The second kappa shape index (κ2) is 11.2. The minimum Gasteiger partial charge on any atom is -0.462 e. The minimum absolute atomic E-state index is 0.149. The Bertz CT molecular complexity index is 1270. The average Bonchev–Trinajstić information content (AvgIpc) is 2.83. The maximum atomic E-state index is 12.5. The van der Waals surface area contributed by atoms with Crippen molar-refractivity contribution in [2.24, 2.45) is 27.2 Å². The first-order chi connectivity index (χ1) is 16.4. The number of nitrogens with one attached hydrogen (secondary N) is 1. The fourth-order valence-corrected chi connectivity index (χ4v) is 3.30. The van der Waals surface area contributed by atoms with Crippen LogP contribution in [0, 0.1) is 11.3 Å². The van der Waals surface area contributed by atoms with Crippen LogP contribution in [0.2, 0.25) is 0 Å². The van der Waals surface area contributed by atoms with Gasteiger partial charge in [0.05, 0.1) is 35.2 Å². The van der Waals surface area contributed by atoms with Crippen LogP contribution in [0.15, 0.2) is 76.7 Å². The lowest BCUT2D eigenvalue weighted by atomic mass is 9.99. The molecule has 0 amide bonds. The summed E-state index contributed by atoms with van der Waals surface area (Å²) in [4.78, 5) is 20.5. The SMILES string of the molecule is CCOC(=O)c1cccc(N=C(N)N=C(N)N)c1NCc1ccc(-c2ccccc2C#N)cc1. The number of anilines is 1. The van der Waals surface area contributed by atoms with Crippen LogP contribution in [0.3, 0.4) is 0 Å². The van der Waals surface area contributed by atoms with Gasteiger partial charge in [-0.15, -0.1) is 0 Å². The Morgan fingerprint density at radius 1 is 1.03 bits per heavy atom. The minimum atomic E-state index is -0.495. The van der Waals surface area contributed by atoms with Crippen molar-refractivity contribution >= 4 is 29.3 Å². The first kappa shape index (κ1) is 23.8. The molecule has 0 fully saturated rings. The lowest BCUT2D eigenvalue weighted by molar-refractivity contribution is 0.0527. The standard InChI is InChI=1S/C25H25N7O2/c1-2-34-23(33)20-8-5-9-21(31-25(29)32-24(27)28)22(20)30-15-16-10-12-17(13-11-16)19-7-4-3-6-18(19)14-26/h3-13,30H,2,15H2,1H3,(H6,27,28,29,31,32). The number of rotatable bonds is 7. The zero-order valence-corrected chi connectivity index (χ0v) is 18.7. The average molecular weight is 456 g/mol. The van der Waals surface area contributed by atoms with Crippen molar-refractivity contribution in [3.8, 4) is 17.2 Å². The van der Waals surface area contributed by atoms with E-state index in [2.05, 4.69) is 21.4 Å². The van der Waals surface area contributed by atoms with Gasteiger partial charge in [-0.05, 0) is 41.8 Å². The third-order valence-electron chi connectivity index (χ3n) is 4.80. The molecule has 0 saturated heterocycles. The van der Waals surface area contributed by atoms with E-state index < -0.39 is 5.97 Å². The number of esters is 1. The van der Waals surface area contributed by atoms with Gasteiger partial charge in [0.2, 0.25) is 5.96 Å². The Kier molecular flexibility index (Phi) is 7.81. The smallest absolute Gasteiger partial charge is 0.340 e. The number of aliphatic imine (C=N–C) groups is 2. The van der Waals surface area contributed by atoms with E-state index in [9.17, 15) is 10.1 Å².